The van der Waals surface area contributed by atoms with Gasteiger partial charge in [0, 0.05) is 25.1 Å². The SMILES string of the molecule is COCCc1nsc(NC(c2cccc(F)c2)C(C)(C)C)n1. The predicted molar refractivity (Wildman–Crippen MR) is 87.7 cm³/mol. The Bertz CT molecular complexity index is 609. The molecule has 0 aliphatic heterocycles. The molecule has 0 bridgehead atoms. The molecule has 0 saturated heterocycles. The molecule has 0 saturated carbocycles. The van der Waals surface area contributed by atoms with Gasteiger partial charge >= 0.3 is 0 Å². The number of halogens is 1. The van der Waals surface area contributed by atoms with Gasteiger partial charge in [0.25, 0.3) is 0 Å². The largest absolute Gasteiger partial charge is 0.384 e. The molecule has 1 N–H and O–H groups in total. The van der Waals surface area contributed by atoms with Crippen LogP contribution in [0, 0.1) is 11.2 Å². The molecule has 0 spiro atoms. The first kappa shape index (κ1) is 16.8. The van der Waals surface area contributed by atoms with E-state index in [-0.39, 0.29) is 17.3 Å². The maximum absolute atomic E-state index is 13.5. The fourth-order valence-electron chi connectivity index (χ4n) is 2.22. The van der Waals surface area contributed by atoms with Crippen LogP contribution < -0.4 is 5.32 Å². The summed E-state index contributed by atoms with van der Waals surface area (Å²) < 4.78 is 22.9. The lowest BCUT2D eigenvalue weighted by Crippen LogP contribution is -2.25. The summed E-state index contributed by atoms with van der Waals surface area (Å²) >= 11 is 1.32. The molecule has 0 aliphatic rings. The molecule has 1 heterocycles. The smallest absolute Gasteiger partial charge is 0.203 e. The molecule has 1 unspecified atom stereocenters. The normalized spacial score (nSPS) is 13.1. The minimum atomic E-state index is -0.230. The number of hydrogen-bond donors (Lipinski definition) is 1. The molecule has 6 heteroatoms. The van der Waals surface area contributed by atoms with Crippen LogP contribution in [-0.4, -0.2) is 23.1 Å². The van der Waals surface area contributed by atoms with Crippen molar-refractivity contribution in [3.8, 4) is 0 Å². The van der Waals surface area contributed by atoms with E-state index in [0.717, 1.165) is 16.5 Å². The van der Waals surface area contributed by atoms with Gasteiger partial charge < -0.3 is 10.1 Å². The number of hydrogen-bond acceptors (Lipinski definition) is 5. The first-order chi connectivity index (χ1) is 10.4. The summed E-state index contributed by atoms with van der Waals surface area (Å²) in [6, 6.07) is 6.63. The van der Waals surface area contributed by atoms with Crippen LogP contribution in [0.4, 0.5) is 9.52 Å². The number of nitrogens with one attached hydrogen (secondary N) is 1. The second kappa shape index (κ2) is 7.15. The summed E-state index contributed by atoms with van der Waals surface area (Å²) in [6.45, 7) is 6.94. The van der Waals surface area contributed by atoms with Crippen LogP contribution >= 0.6 is 11.5 Å². The van der Waals surface area contributed by atoms with Crippen LogP contribution in [0.1, 0.15) is 38.2 Å². The van der Waals surface area contributed by atoms with Gasteiger partial charge in [-0.15, -0.1) is 0 Å². The summed E-state index contributed by atoms with van der Waals surface area (Å²) in [7, 11) is 1.66. The predicted octanol–water partition coefficient (Wildman–Crippen LogP) is 4.07. The molecule has 1 aromatic heterocycles. The van der Waals surface area contributed by atoms with Gasteiger partial charge in [-0.2, -0.15) is 4.37 Å². The molecule has 0 aliphatic carbocycles. The van der Waals surface area contributed by atoms with Crippen LogP contribution in [0.25, 0.3) is 0 Å². The third kappa shape index (κ3) is 4.48. The van der Waals surface area contributed by atoms with E-state index in [2.05, 4.69) is 35.4 Å². The average Bonchev–Trinajstić information content (AvgIpc) is 2.89. The Morgan fingerprint density at radius 2 is 2.14 bits per heavy atom. The van der Waals surface area contributed by atoms with Crippen LogP contribution in [0.3, 0.4) is 0 Å². The van der Waals surface area contributed by atoms with Crippen LogP contribution in [0.5, 0.6) is 0 Å². The van der Waals surface area contributed by atoms with Crippen molar-refractivity contribution in [3.63, 3.8) is 0 Å². The number of rotatable bonds is 6. The lowest BCUT2D eigenvalue weighted by Gasteiger charge is -2.31. The molecule has 120 valence electrons. The molecule has 1 atom stereocenters. The van der Waals surface area contributed by atoms with Gasteiger partial charge in [0.2, 0.25) is 5.13 Å². The summed E-state index contributed by atoms with van der Waals surface area (Å²) in [5.74, 6) is 0.535. The Morgan fingerprint density at radius 1 is 1.36 bits per heavy atom. The molecule has 2 aromatic rings. The van der Waals surface area contributed by atoms with Crippen molar-refractivity contribution in [2.75, 3.05) is 19.0 Å². The molecule has 22 heavy (non-hydrogen) atoms. The Labute approximate surface area is 134 Å². The van der Waals surface area contributed by atoms with Crippen molar-refractivity contribution in [1.29, 1.82) is 0 Å². The first-order valence-corrected chi connectivity index (χ1v) is 8.01. The molecule has 1 aromatic carbocycles. The summed E-state index contributed by atoms with van der Waals surface area (Å²) in [5, 5.41) is 4.14. The second-order valence-electron chi connectivity index (χ2n) is 6.26. The fourth-order valence-corrected chi connectivity index (χ4v) is 2.86. The van der Waals surface area contributed by atoms with Gasteiger partial charge in [0.15, 0.2) is 0 Å². The first-order valence-electron chi connectivity index (χ1n) is 7.23. The van der Waals surface area contributed by atoms with Gasteiger partial charge in [0.05, 0.1) is 12.6 Å². The number of ether oxygens (including phenoxy) is 1. The van der Waals surface area contributed by atoms with Crippen molar-refractivity contribution >= 4 is 16.7 Å². The number of nitrogens with zero attached hydrogens (tertiary/aromatic N) is 2. The maximum Gasteiger partial charge on any atom is 0.203 e. The molecular formula is C16H22FN3OS. The minimum absolute atomic E-state index is 0.0496. The van der Waals surface area contributed by atoms with Gasteiger partial charge in [-0.3, -0.25) is 0 Å². The summed E-state index contributed by atoms with van der Waals surface area (Å²) in [4.78, 5) is 4.47. The van der Waals surface area contributed by atoms with Crippen molar-refractivity contribution in [2.24, 2.45) is 5.41 Å². The molecule has 0 radical (unpaired) electrons. The van der Waals surface area contributed by atoms with Crippen LogP contribution in [-0.2, 0) is 11.2 Å². The van der Waals surface area contributed by atoms with E-state index in [1.807, 2.05) is 6.07 Å². The number of benzene rings is 1. The quantitative estimate of drug-likeness (QED) is 0.870. The fraction of sp³-hybridized carbons (Fsp3) is 0.500. The van der Waals surface area contributed by atoms with Crippen LogP contribution in [0.2, 0.25) is 0 Å². The van der Waals surface area contributed by atoms with Crippen molar-refractivity contribution in [2.45, 2.75) is 33.2 Å². The monoisotopic (exact) mass is 323 g/mol. The zero-order valence-corrected chi connectivity index (χ0v) is 14.2. The highest BCUT2D eigenvalue weighted by Crippen LogP contribution is 2.36. The van der Waals surface area contributed by atoms with E-state index >= 15 is 0 Å². The van der Waals surface area contributed by atoms with E-state index in [1.54, 1.807) is 19.2 Å². The highest BCUT2D eigenvalue weighted by Gasteiger charge is 2.27. The van der Waals surface area contributed by atoms with Gasteiger partial charge in [-0.05, 0) is 23.1 Å². The third-order valence-electron chi connectivity index (χ3n) is 3.31. The molecule has 2 rings (SSSR count). The van der Waals surface area contributed by atoms with E-state index in [4.69, 9.17) is 4.74 Å². The molecule has 0 fully saturated rings. The van der Waals surface area contributed by atoms with Crippen molar-refractivity contribution < 1.29 is 9.13 Å². The number of methoxy groups -OCH3 is 1. The number of anilines is 1. The van der Waals surface area contributed by atoms with Gasteiger partial charge in [-0.1, -0.05) is 32.9 Å². The minimum Gasteiger partial charge on any atom is -0.384 e. The van der Waals surface area contributed by atoms with Gasteiger partial charge in [-0.25, -0.2) is 9.37 Å². The Hall–Kier alpha value is -1.53. The lowest BCUT2D eigenvalue weighted by molar-refractivity contribution is 0.201. The Morgan fingerprint density at radius 3 is 2.77 bits per heavy atom. The summed E-state index contributed by atoms with van der Waals surface area (Å²) in [6.07, 6.45) is 0.689. The molecule has 0 amide bonds. The van der Waals surface area contributed by atoms with Crippen LogP contribution in [0.15, 0.2) is 24.3 Å². The van der Waals surface area contributed by atoms with E-state index < -0.39 is 0 Å². The zero-order valence-electron chi connectivity index (χ0n) is 13.4. The lowest BCUT2D eigenvalue weighted by atomic mass is 9.82. The zero-order chi connectivity index (χ0) is 16.2. The van der Waals surface area contributed by atoms with E-state index in [0.29, 0.717) is 13.0 Å². The summed E-state index contributed by atoms with van der Waals surface area (Å²) in [5.41, 5.74) is 0.813. The van der Waals surface area contributed by atoms with E-state index in [9.17, 15) is 4.39 Å². The number of aromatic nitrogens is 2. The third-order valence-corrected chi connectivity index (χ3v) is 4.00. The average molecular weight is 323 g/mol. The van der Waals surface area contributed by atoms with Gasteiger partial charge in [0.1, 0.15) is 11.6 Å². The maximum atomic E-state index is 13.5. The van der Waals surface area contributed by atoms with E-state index in [1.165, 1.54) is 17.6 Å². The highest BCUT2D eigenvalue weighted by atomic mass is 32.1. The Kier molecular flexibility index (Phi) is 5.47. The Balaban J connectivity index is 2.19. The molecular weight excluding hydrogens is 301 g/mol. The molecule has 4 nitrogen and oxygen atoms in total. The second-order valence-corrected chi connectivity index (χ2v) is 7.01. The highest BCUT2D eigenvalue weighted by molar-refractivity contribution is 7.09. The standard InChI is InChI=1S/C16H22FN3OS/c1-16(2,3)14(11-6-5-7-12(17)10-11)19-15-18-13(20-22-15)8-9-21-4/h5-7,10,14H,8-9H2,1-4H3,(H,18,19,20). The van der Waals surface area contributed by atoms with Crippen molar-refractivity contribution in [1.82, 2.24) is 9.36 Å². The van der Waals surface area contributed by atoms with Crippen molar-refractivity contribution in [3.05, 3.63) is 41.5 Å². The topological polar surface area (TPSA) is 47.0 Å².